The zero-order valence-electron chi connectivity index (χ0n) is 22.8. The number of aryl methyl sites for hydroxylation is 3. The molecule has 7 heteroatoms. The lowest BCUT2D eigenvalue weighted by molar-refractivity contribution is 0.394. The number of aromatic nitrogens is 2. The molecule has 4 aromatic rings. The number of ether oxygens (including phenoxy) is 2. The first-order valence-electron chi connectivity index (χ1n) is 12.9. The molecule has 1 fully saturated rings. The number of thiocarbonyl (C=S) groups is 1. The number of anilines is 1. The van der Waals surface area contributed by atoms with Crippen LogP contribution in [0.4, 0.5) is 5.69 Å². The molecule has 1 N–H and O–H groups in total. The van der Waals surface area contributed by atoms with Gasteiger partial charge in [-0.15, -0.1) is 0 Å². The number of hydrogen-bond donors (Lipinski definition) is 1. The number of hydrogen-bond acceptors (Lipinski definition) is 4. The van der Waals surface area contributed by atoms with Crippen molar-refractivity contribution in [2.75, 3.05) is 19.1 Å². The van der Waals surface area contributed by atoms with E-state index in [-0.39, 0.29) is 12.1 Å². The normalized spacial score (nSPS) is 17.0. The first-order chi connectivity index (χ1) is 18.4. The Kier molecular flexibility index (Phi) is 7.13. The van der Waals surface area contributed by atoms with E-state index in [4.69, 9.17) is 26.7 Å². The minimum absolute atomic E-state index is 0.145. The molecular weight excluding hydrogens is 492 g/mol. The van der Waals surface area contributed by atoms with Gasteiger partial charge in [0.1, 0.15) is 11.5 Å². The Morgan fingerprint density at radius 2 is 1.79 bits per heavy atom. The molecule has 0 radical (unpaired) electrons. The molecule has 6 nitrogen and oxygen atoms in total. The molecule has 1 aliphatic heterocycles. The Bertz CT molecular complexity index is 1480. The van der Waals surface area contributed by atoms with E-state index in [1.54, 1.807) is 14.2 Å². The van der Waals surface area contributed by atoms with E-state index in [1.807, 2.05) is 36.5 Å². The molecule has 1 saturated heterocycles. The van der Waals surface area contributed by atoms with E-state index >= 15 is 0 Å². The van der Waals surface area contributed by atoms with Crippen molar-refractivity contribution in [3.63, 3.8) is 0 Å². The van der Waals surface area contributed by atoms with Crippen LogP contribution >= 0.6 is 12.2 Å². The van der Waals surface area contributed by atoms with Gasteiger partial charge >= 0.3 is 0 Å². The van der Waals surface area contributed by atoms with Gasteiger partial charge in [0.05, 0.1) is 43.4 Å². The van der Waals surface area contributed by atoms with Gasteiger partial charge in [-0.3, -0.25) is 4.98 Å². The molecule has 0 saturated carbocycles. The summed E-state index contributed by atoms with van der Waals surface area (Å²) in [7, 11) is 3.33. The third-order valence-corrected chi connectivity index (χ3v) is 7.77. The van der Waals surface area contributed by atoms with Gasteiger partial charge in [0.25, 0.3) is 0 Å². The minimum atomic E-state index is -0.146. The first-order valence-corrected chi connectivity index (χ1v) is 13.3. The monoisotopic (exact) mass is 526 g/mol. The molecule has 2 atom stereocenters. The second kappa shape index (κ2) is 10.5. The standard InChI is InChI=1S/C31H34N4O2S/c1-7-22-12-10-11-19(2)29(22)34-20(3)17-24(21(34)4)30-28(25-13-8-9-16-32-25)33-31(38)35(30)26-15-14-23(36-5)18-27(26)37-6/h8-18,28,30H,7H2,1-6H3,(H,33,38)/t28-,30-/m1/s1. The number of methoxy groups -OCH3 is 2. The zero-order chi connectivity index (χ0) is 27.0. The fourth-order valence-electron chi connectivity index (χ4n) is 5.67. The summed E-state index contributed by atoms with van der Waals surface area (Å²) in [4.78, 5) is 6.89. The SMILES string of the molecule is CCc1cccc(C)c1-n1c(C)cc([C@@H]2[C@@H](c3ccccn3)NC(=S)N2c2ccc(OC)cc2OC)c1C. The second-order valence-electron chi connectivity index (χ2n) is 9.63. The highest BCUT2D eigenvalue weighted by Crippen LogP contribution is 2.47. The highest BCUT2D eigenvalue weighted by atomic mass is 32.1. The quantitative estimate of drug-likeness (QED) is 0.276. The Morgan fingerprint density at radius 1 is 0.974 bits per heavy atom. The molecule has 5 rings (SSSR count). The maximum absolute atomic E-state index is 5.98. The molecule has 2 aromatic heterocycles. The highest BCUT2D eigenvalue weighted by molar-refractivity contribution is 7.80. The van der Waals surface area contributed by atoms with Crippen LogP contribution in [-0.2, 0) is 6.42 Å². The Hall–Kier alpha value is -3.84. The summed E-state index contributed by atoms with van der Waals surface area (Å²) in [6.45, 7) is 8.78. The van der Waals surface area contributed by atoms with Gasteiger partial charge in [0.15, 0.2) is 5.11 Å². The van der Waals surface area contributed by atoms with Crippen LogP contribution in [0, 0.1) is 20.8 Å². The average molecular weight is 527 g/mol. The van der Waals surface area contributed by atoms with Gasteiger partial charge in [-0.05, 0) is 86.4 Å². The molecule has 38 heavy (non-hydrogen) atoms. The second-order valence-corrected chi connectivity index (χ2v) is 10.0. The summed E-state index contributed by atoms with van der Waals surface area (Å²) in [5.74, 6) is 1.42. The Balaban J connectivity index is 1.73. The predicted octanol–water partition coefficient (Wildman–Crippen LogP) is 6.55. The van der Waals surface area contributed by atoms with Crippen LogP contribution in [0.15, 0.2) is 66.9 Å². The fraction of sp³-hybridized carbons (Fsp3) is 0.290. The van der Waals surface area contributed by atoms with Gasteiger partial charge in [0.2, 0.25) is 0 Å². The lowest BCUT2D eigenvalue weighted by Gasteiger charge is -2.29. The topological polar surface area (TPSA) is 51.6 Å². The van der Waals surface area contributed by atoms with E-state index in [9.17, 15) is 0 Å². The number of nitrogens with zero attached hydrogens (tertiary/aromatic N) is 3. The third kappa shape index (κ3) is 4.31. The molecule has 3 heterocycles. The van der Waals surface area contributed by atoms with Crippen LogP contribution in [-0.4, -0.2) is 28.9 Å². The molecule has 0 unspecified atom stereocenters. The van der Waals surface area contributed by atoms with E-state index in [0.717, 1.165) is 23.6 Å². The summed E-state index contributed by atoms with van der Waals surface area (Å²) >= 11 is 5.98. The number of pyridine rings is 1. The zero-order valence-corrected chi connectivity index (χ0v) is 23.6. The van der Waals surface area contributed by atoms with Crippen molar-refractivity contribution < 1.29 is 9.47 Å². The summed E-state index contributed by atoms with van der Waals surface area (Å²) in [6, 6.07) is 20.4. The molecule has 0 spiro atoms. The lowest BCUT2D eigenvalue weighted by atomic mass is 9.96. The summed E-state index contributed by atoms with van der Waals surface area (Å²) < 4.78 is 13.7. The van der Waals surface area contributed by atoms with Crippen molar-refractivity contribution in [1.29, 1.82) is 0 Å². The van der Waals surface area contributed by atoms with Gasteiger partial charge in [0, 0.05) is 23.7 Å². The summed E-state index contributed by atoms with van der Waals surface area (Å²) in [6.07, 6.45) is 2.79. The van der Waals surface area contributed by atoms with Crippen LogP contribution < -0.4 is 19.7 Å². The van der Waals surface area contributed by atoms with Crippen molar-refractivity contribution in [2.45, 2.75) is 46.2 Å². The van der Waals surface area contributed by atoms with Crippen LogP contribution in [0.25, 0.3) is 5.69 Å². The molecule has 0 bridgehead atoms. The van der Waals surface area contributed by atoms with Gasteiger partial charge < -0.3 is 24.3 Å². The molecule has 2 aromatic carbocycles. The van der Waals surface area contributed by atoms with Crippen molar-refractivity contribution in [1.82, 2.24) is 14.9 Å². The van der Waals surface area contributed by atoms with Gasteiger partial charge in [-0.25, -0.2) is 0 Å². The van der Waals surface area contributed by atoms with Gasteiger partial charge in [-0.1, -0.05) is 31.2 Å². The number of nitrogens with one attached hydrogen (secondary N) is 1. The third-order valence-electron chi connectivity index (χ3n) is 7.46. The average Bonchev–Trinajstić information content (AvgIpc) is 3.43. The minimum Gasteiger partial charge on any atom is -0.497 e. The van der Waals surface area contributed by atoms with Crippen LogP contribution in [0.3, 0.4) is 0 Å². The van der Waals surface area contributed by atoms with Crippen molar-refractivity contribution in [3.05, 3.63) is 101 Å². The predicted molar refractivity (Wildman–Crippen MR) is 157 cm³/mol. The molecule has 1 aliphatic rings. The maximum Gasteiger partial charge on any atom is 0.174 e. The maximum atomic E-state index is 5.98. The van der Waals surface area contributed by atoms with E-state index < -0.39 is 0 Å². The lowest BCUT2D eigenvalue weighted by Crippen LogP contribution is -2.30. The fourth-order valence-corrected chi connectivity index (χ4v) is 6.01. The van der Waals surface area contributed by atoms with E-state index in [0.29, 0.717) is 10.9 Å². The number of para-hydroxylation sites is 1. The smallest absolute Gasteiger partial charge is 0.174 e. The van der Waals surface area contributed by atoms with Crippen molar-refractivity contribution in [3.8, 4) is 17.2 Å². The van der Waals surface area contributed by atoms with Crippen LogP contribution in [0.1, 0.15) is 52.8 Å². The summed E-state index contributed by atoms with van der Waals surface area (Å²) in [5, 5.41) is 4.20. The molecule has 0 amide bonds. The first kappa shape index (κ1) is 25.8. The summed E-state index contributed by atoms with van der Waals surface area (Å²) in [5.41, 5.74) is 9.21. The van der Waals surface area contributed by atoms with Crippen molar-refractivity contribution >= 4 is 23.0 Å². The largest absolute Gasteiger partial charge is 0.497 e. The molecule has 0 aliphatic carbocycles. The van der Waals surface area contributed by atoms with Gasteiger partial charge in [-0.2, -0.15) is 0 Å². The van der Waals surface area contributed by atoms with Crippen LogP contribution in [0.5, 0.6) is 11.5 Å². The van der Waals surface area contributed by atoms with E-state index in [1.165, 1.54) is 33.8 Å². The Labute approximate surface area is 230 Å². The number of rotatable bonds is 7. The van der Waals surface area contributed by atoms with Crippen LogP contribution in [0.2, 0.25) is 0 Å². The molecular formula is C31H34N4O2S. The van der Waals surface area contributed by atoms with Crippen molar-refractivity contribution in [2.24, 2.45) is 0 Å². The molecule has 196 valence electrons. The van der Waals surface area contributed by atoms with E-state index in [2.05, 4.69) is 72.8 Å². The number of benzene rings is 2. The highest BCUT2D eigenvalue weighted by Gasteiger charge is 2.43. The Morgan fingerprint density at radius 3 is 2.47 bits per heavy atom.